The van der Waals surface area contributed by atoms with Crippen LogP contribution < -0.4 is 15.5 Å². The highest BCUT2D eigenvalue weighted by molar-refractivity contribution is 6.04. The van der Waals surface area contributed by atoms with E-state index in [1.807, 2.05) is 25.1 Å². The molecule has 5 heteroatoms. The van der Waals surface area contributed by atoms with E-state index >= 15 is 0 Å². The summed E-state index contributed by atoms with van der Waals surface area (Å²) < 4.78 is 0. The molecule has 0 heterocycles. The number of carbonyl (C=O) groups excluding carboxylic acids is 2. The second kappa shape index (κ2) is 9.73. The number of benzene rings is 2. The van der Waals surface area contributed by atoms with Crippen LogP contribution in [-0.4, -0.2) is 38.0 Å². The summed E-state index contributed by atoms with van der Waals surface area (Å²) in [7, 11) is 0. The summed E-state index contributed by atoms with van der Waals surface area (Å²) in [6, 6.07) is 14.4. The molecule has 0 radical (unpaired) electrons. The van der Waals surface area contributed by atoms with E-state index < -0.39 is 0 Å². The van der Waals surface area contributed by atoms with Crippen molar-refractivity contribution in [1.82, 2.24) is 5.32 Å². The first-order valence-corrected chi connectivity index (χ1v) is 9.13. The molecule has 2 rings (SSSR count). The smallest absolute Gasteiger partial charge is 0.255 e. The SMILES string of the molecule is CC[NH+](CC)CCNC(=O)c1ccc(NC(=O)c2cccc(C)c2)cc1. The highest BCUT2D eigenvalue weighted by Crippen LogP contribution is 2.12. The van der Waals surface area contributed by atoms with E-state index in [4.69, 9.17) is 0 Å². The Morgan fingerprint density at radius 2 is 1.62 bits per heavy atom. The minimum absolute atomic E-state index is 0.0897. The number of quaternary nitrogens is 1. The van der Waals surface area contributed by atoms with Gasteiger partial charge in [-0.2, -0.15) is 0 Å². The fraction of sp³-hybridized carbons (Fsp3) is 0.333. The monoisotopic (exact) mass is 354 g/mol. The zero-order valence-electron chi connectivity index (χ0n) is 15.8. The van der Waals surface area contributed by atoms with Crippen molar-refractivity contribution < 1.29 is 14.5 Å². The highest BCUT2D eigenvalue weighted by atomic mass is 16.2. The predicted molar refractivity (Wildman–Crippen MR) is 105 cm³/mol. The lowest BCUT2D eigenvalue weighted by atomic mass is 10.1. The van der Waals surface area contributed by atoms with Gasteiger partial charge in [0.2, 0.25) is 0 Å². The van der Waals surface area contributed by atoms with Gasteiger partial charge in [0.15, 0.2) is 0 Å². The maximum Gasteiger partial charge on any atom is 0.255 e. The van der Waals surface area contributed by atoms with Crippen molar-refractivity contribution in [3.8, 4) is 0 Å². The molecule has 0 spiro atoms. The van der Waals surface area contributed by atoms with E-state index in [1.54, 1.807) is 30.3 Å². The summed E-state index contributed by atoms with van der Waals surface area (Å²) >= 11 is 0. The zero-order valence-corrected chi connectivity index (χ0v) is 15.8. The first kappa shape index (κ1) is 19.7. The summed E-state index contributed by atoms with van der Waals surface area (Å²) in [4.78, 5) is 25.9. The summed E-state index contributed by atoms with van der Waals surface area (Å²) in [6.07, 6.45) is 0. The topological polar surface area (TPSA) is 62.6 Å². The third-order valence-corrected chi connectivity index (χ3v) is 4.45. The van der Waals surface area contributed by atoms with E-state index in [0.29, 0.717) is 23.4 Å². The van der Waals surface area contributed by atoms with Gasteiger partial charge in [0.1, 0.15) is 0 Å². The third-order valence-electron chi connectivity index (χ3n) is 4.45. The number of anilines is 1. The number of rotatable bonds is 8. The second-order valence-corrected chi connectivity index (χ2v) is 6.36. The quantitative estimate of drug-likeness (QED) is 0.678. The molecule has 0 fully saturated rings. The molecule has 2 aromatic carbocycles. The number of hydrogen-bond acceptors (Lipinski definition) is 2. The minimum Gasteiger partial charge on any atom is -0.346 e. The van der Waals surface area contributed by atoms with Gasteiger partial charge in [-0.3, -0.25) is 9.59 Å². The molecule has 0 saturated carbocycles. The molecule has 0 bridgehead atoms. The number of carbonyl (C=O) groups is 2. The summed E-state index contributed by atoms with van der Waals surface area (Å²) in [6.45, 7) is 9.93. The average molecular weight is 354 g/mol. The van der Waals surface area contributed by atoms with E-state index in [0.717, 1.165) is 25.2 Å². The Bertz CT molecular complexity index is 737. The van der Waals surface area contributed by atoms with Gasteiger partial charge in [0, 0.05) is 16.8 Å². The minimum atomic E-state index is -0.159. The van der Waals surface area contributed by atoms with Crippen LogP contribution in [0.25, 0.3) is 0 Å². The van der Waals surface area contributed by atoms with Crippen LogP contribution >= 0.6 is 0 Å². The largest absolute Gasteiger partial charge is 0.346 e. The molecule has 2 amide bonds. The van der Waals surface area contributed by atoms with Gasteiger partial charge in [0.05, 0.1) is 26.2 Å². The van der Waals surface area contributed by atoms with Crippen molar-refractivity contribution in [2.45, 2.75) is 20.8 Å². The maximum absolute atomic E-state index is 12.3. The molecular formula is C21H28N3O2+. The highest BCUT2D eigenvalue weighted by Gasteiger charge is 2.09. The normalized spacial score (nSPS) is 10.6. The molecule has 3 N–H and O–H groups in total. The lowest BCUT2D eigenvalue weighted by molar-refractivity contribution is -0.895. The van der Waals surface area contributed by atoms with Crippen LogP contribution in [0.4, 0.5) is 5.69 Å². The Morgan fingerprint density at radius 3 is 2.23 bits per heavy atom. The fourth-order valence-electron chi connectivity index (χ4n) is 2.75. The van der Waals surface area contributed by atoms with Crippen LogP contribution in [0, 0.1) is 6.92 Å². The Kier molecular flexibility index (Phi) is 7.36. The predicted octanol–water partition coefficient (Wildman–Crippen LogP) is 1.90. The summed E-state index contributed by atoms with van der Waals surface area (Å²) in [5.41, 5.74) is 2.91. The van der Waals surface area contributed by atoms with Crippen molar-refractivity contribution in [3.63, 3.8) is 0 Å². The second-order valence-electron chi connectivity index (χ2n) is 6.36. The number of amides is 2. The van der Waals surface area contributed by atoms with Gasteiger partial charge in [-0.15, -0.1) is 0 Å². The van der Waals surface area contributed by atoms with Crippen molar-refractivity contribution in [2.75, 3.05) is 31.5 Å². The van der Waals surface area contributed by atoms with Crippen LogP contribution in [0.1, 0.15) is 40.1 Å². The van der Waals surface area contributed by atoms with Gasteiger partial charge < -0.3 is 15.5 Å². The van der Waals surface area contributed by atoms with Crippen LogP contribution in [0.15, 0.2) is 48.5 Å². The third kappa shape index (κ3) is 5.70. The Labute approximate surface area is 155 Å². The molecule has 0 saturated heterocycles. The molecule has 0 unspecified atom stereocenters. The van der Waals surface area contributed by atoms with Gasteiger partial charge in [-0.05, 0) is 57.2 Å². The van der Waals surface area contributed by atoms with Crippen molar-refractivity contribution in [3.05, 3.63) is 65.2 Å². The Morgan fingerprint density at radius 1 is 0.923 bits per heavy atom. The van der Waals surface area contributed by atoms with E-state index in [-0.39, 0.29) is 11.8 Å². The van der Waals surface area contributed by atoms with E-state index in [1.165, 1.54) is 4.90 Å². The molecule has 2 aromatic rings. The Balaban J connectivity index is 1.89. The number of hydrogen-bond donors (Lipinski definition) is 3. The molecule has 0 aliphatic rings. The van der Waals surface area contributed by atoms with Crippen molar-refractivity contribution in [1.29, 1.82) is 0 Å². The van der Waals surface area contributed by atoms with Crippen molar-refractivity contribution in [2.24, 2.45) is 0 Å². The summed E-state index contributed by atoms with van der Waals surface area (Å²) in [5, 5.41) is 5.79. The lowest BCUT2D eigenvalue weighted by Crippen LogP contribution is -3.12. The zero-order chi connectivity index (χ0) is 18.9. The number of aryl methyl sites for hydroxylation is 1. The van der Waals surface area contributed by atoms with Crippen LogP contribution in [0.5, 0.6) is 0 Å². The number of nitrogens with one attached hydrogen (secondary N) is 3. The lowest BCUT2D eigenvalue weighted by Gasteiger charge is -2.15. The molecule has 0 aromatic heterocycles. The van der Waals surface area contributed by atoms with Crippen LogP contribution in [0.2, 0.25) is 0 Å². The molecule has 26 heavy (non-hydrogen) atoms. The van der Waals surface area contributed by atoms with Gasteiger partial charge in [-0.25, -0.2) is 0 Å². The first-order valence-electron chi connectivity index (χ1n) is 9.13. The summed E-state index contributed by atoms with van der Waals surface area (Å²) in [5.74, 6) is -0.249. The van der Waals surface area contributed by atoms with Crippen LogP contribution in [0.3, 0.4) is 0 Å². The molecule has 0 aliphatic heterocycles. The molecular weight excluding hydrogens is 326 g/mol. The standard InChI is InChI=1S/C21H27N3O2/c1-4-24(5-2)14-13-22-20(25)17-9-11-19(12-10-17)23-21(26)18-8-6-7-16(3)15-18/h6-12,15H,4-5,13-14H2,1-3H3,(H,22,25)(H,23,26)/p+1. The van der Waals surface area contributed by atoms with Gasteiger partial charge in [-0.1, -0.05) is 17.7 Å². The first-order chi connectivity index (χ1) is 12.5. The van der Waals surface area contributed by atoms with E-state index in [2.05, 4.69) is 24.5 Å². The number of likely N-dealkylation sites (N-methyl/N-ethyl adjacent to an activating group) is 1. The van der Waals surface area contributed by atoms with Crippen molar-refractivity contribution >= 4 is 17.5 Å². The maximum atomic E-state index is 12.3. The van der Waals surface area contributed by atoms with Gasteiger partial charge >= 0.3 is 0 Å². The molecule has 138 valence electrons. The van der Waals surface area contributed by atoms with E-state index in [9.17, 15) is 9.59 Å². The average Bonchev–Trinajstić information content (AvgIpc) is 2.65. The fourth-order valence-corrected chi connectivity index (χ4v) is 2.75. The molecule has 5 nitrogen and oxygen atoms in total. The molecule has 0 aliphatic carbocycles. The van der Waals surface area contributed by atoms with Crippen LogP contribution in [-0.2, 0) is 0 Å². The van der Waals surface area contributed by atoms with Gasteiger partial charge in [0.25, 0.3) is 11.8 Å². The molecule has 0 atom stereocenters. The Hall–Kier alpha value is -2.66.